The summed E-state index contributed by atoms with van der Waals surface area (Å²) in [6.45, 7) is 0. The molecule has 3 rings (SSSR count). The number of nitrogens with zero attached hydrogens (tertiary/aromatic N) is 2. The fourth-order valence-corrected chi connectivity index (χ4v) is 2.67. The van der Waals surface area contributed by atoms with E-state index >= 15 is 0 Å². The number of H-pyrrole nitrogens is 1. The standard InChI is InChI=1S/C16H16N4O/c1-21-11-4-2-10(3-5-11)6-15-14-9-19-8-13(14)12(7-17)16(18)20-15/h2,4,8-9,20H,3,5-6,18H2,1H3. The summed E-state index contributed by atoms with van der Waals surface area (Å²) in [5.41, 5.74) is 10.5. The van der Waals surface area contributed by atoms with Gasteiger partial charge in [-0.2, -0.15) is 5.26 Å². The number of fused-ring (bicyclic) bond motifs is 1. The summed E-state index contributed by atoms with van der Waals surface area (Å²) >= 11 is 0. The van der Waals surface area contributed by atoms with Crippen LogP contribution < -0.4 is 5.73 Å². The molecule has 0 saturated heterocycles. The van der Waals surface area contributed by atoms with Crippen LogP contribution in [0.1, 0.15) is 24.1 Å². The van der Waals surface area contributed by atoms with Crippen LogP contribution in [0, 0.1) is 11.3 Å². The summed E-state index contributed by atoms with van der Waals surface area (Å²) in [6, 6.07) is 2.13. The molecule has 0 amide bonds. The quantitative estimate of drug-likeness (QED) is 0.904. The minimum atomic E-state index is 0.400. The van der Waals surface area contributed by atoms with E-state index in [-0.39, 0.29) is 0 Å². The molecule has 0 aromatic rings. The van der Waals surface area contributed by atoms with Crippen LogP contribution in [0.3, 0.4) is 0 Å². The van der Waals surface area contributed by atoms with Crippen LogP contribution in [0.25, 0.3) is 11.1 Å². The van der Waals surface area contributed by atoms with Crippen molar-refractivity contribution in [3.63, 3.8) is 0 Å². The Morgan fingerprint density at radius 2 is 2.14 bits per heavy atom. The number of pyridine rings is 1. The molecule has 1 aliphatic carbocycles. The number of anilines is 1. The van der Waals surface area contributed by atoms with Gasteiger partial charge in [-0.1, -0.05) is 11.6 Å². The van der Waals surface area contributed by atoms with E-state index < -0.39 is 0 Å². The fourth-order valence-electron chi connectivity index (χ4n) is 2.67. The van der Waals surface area contributed by atoms with Crippen LogP contribution in [-0.2, 0) is 11.2 Å². The van der Waals surface area contributed by atoms with Crippen LogP contribution in [0.4, 0.5) is 5.82 Å². The largest absolute Gasteiger partial charge is 0.501 e. The Labute approximate surface area is 123 Å². The molecule has 0 saturated carbocycles. The van der Waals surface area contributed by atoms with Gasteiger partial charge in [0.25, 0.3) is 0 Å². The van der Waals surface area contributed by atoms with Gasteiger partial charge in [0.1, 0.15) is 17.5 Å². The van der Waals surface area contributed by atoms with E-state index in [1.807, 2.05) is 6.08 Å². The van der Waals surface area contributed by atoms with Crippen molar-refractivity contribution in [1.82, 2.24) is 9.97 Å². The topological polar surface area (TPSA) is 87.7 Å². The number of aromatic nitrogens is 2. The van der Waals surface area contributed by atoms with Crippen LogP contribution >= 0.6 is 0 Å². The van der Waals surface area contributed by atoms with Crippen molar-refractivity contribution in [1.29, 1.82) is 5.26 Å². The molecule has 2 aliphatic heterocycles. The lowest BCUT2D eigenvalue weighted by Gasteiger charge is -2.16. The van der Waals surface area contributed by atoms with Gasteiger partial charge >= 0.3 is 0 Å². The predicted molar refractivity (Wildman–Crippen MR) is 80.5 cm³/mol. The number of hydrogen-bond acceptors (Lipinski definition) is 4. The highest BCUT2D eigenvalue weighted by atomic mass is 16.5. The van der Waals surface area contributed by atoms with Gasteiger partial charge in [-0.05, 0) is 12.5 Å². The van der Waals surface area contributed by atoms with Crippen molar-refractivity contribution in [2.75, 3.05) is 12.8 Å². The first-order valence-corrected chi connectivity index (χ1v) is 6.79. The summed E-state index contributed by atoms with van der Waals surface area (Å²) < 4.78 is 5.24. The van der Waals surface area contributed by atoms with Crippen LogP contribution in [0.15, 0.2) is 35.9 Å². The zero-order valence-corrected chi connectivity index (χ0v) is 11.8. The molecule has 0 fully saturated rings. The number of aromatic amines is 1. The van der Waals surface area contributed by atoms with Crippen LogP contribution in [0.2, 0.25) is 0 Å². The second-order valence-electron chi connectivity index (χ2n) is 5.08. The van der Waals surface area contributed by atoms with Crippen LogP contribution in [-0.4, -0.2) is 17.1 Å². The predicted octanol–water partition coefficient (Wildman–Crippen LogP) is 2.76. The molecule has 106 valence electrons. The first kappa shape index (κ1) is 13.3. The molecule has 0 atom stereocenters. The molecule has 21 heavy (non-hydrogen) atoms. The van der Waals surface area contributed by atoms with Gasteiger partial charge in [0.2, 0.25) is 0 Å². The molecular weight excluding hydrogens is 264 g/mol. The smallest absolute Gasteiger partial charge is 0.119 e. The Balaban J connectivity index is 1.96. The first-order chi connectivity index (χ1) is 10.2. The highest BCUT2D eigenvalue weighted by Crippen LogP contribution is 2.33. The van der Waals surface area contributed by atoms with Gasteiger partial charge in [-0.3, -0.25) is 4.98 Å². The van der Waals surface area contributed by atoms with Gasteiger partial charge < -0.3 is 15.5 Å². The average Bonchev–Trinajstić information content (AvgIpc) is 2.98. The van der Waals surface area contributed by atoms with Crippen molar-refractivity contribution in [3.8, 4) is 17.2 Å². The minimum absolute atomic E-state index is 0.400. The summed E-state index contributed by atoms with van der Waals surface area (Å²) in [7, 11) is 1.69. The molecule has 0 unspecified atom stereocenters. The fraction of sp³-hybridized carbons (Fsp3) is 0.250. The normalized spacial score (nSPS) is 14.5. The van der Waals surface area contributed by atoms with Gasteiger partial charge in [0, 0.05) is 42.1 Å². The molecule has 3 aliphatic rings. The van der Waals surface area contributed by atoms with E-state index in [4.69, 9.17) is 10.5 Å². The van der Waals surface area contributed by atoms with Crippen molar-refractivity contribution >= 4 is 5.82 Å². The van der Waals surface area contributed by atoms with E-state index in [1.165, 1.54) is 5.57 Å². The van der Waals surface area contributed by atoms with Crippen molar-refractivity contribution in [2.24, 2.45) is 0 Å². The van der Waals surface area contributed by atoms with Crippen molar-refractivity contribution in [2.45, 2.75) is 19.3 Å². The third-order valence-corrected chi connectivity index (χ3v) is 3.82. The molecule has 0 spiro atoms. The Kier molecular flexibility index (Phi) is 3.36. The summed E-state index contributed by atoms with van der Waals surface area (Å²) in [4.78, 5) is 7.30. The van der Waals surface area contributed by atoms with Gasteiger partial charge in [-0.25, -0.2) is 0 Å². The van der Waals surface area contributed by atoms with Gasteiger partial charge in [0.15, 0.2) is 0 Å². The molecular formula is C16H16N4O. The maximum atomic E-state index is 9.19. The summed E-state index contributed by atoms with van der Waals surface area (Å²) in [5, 5.41) is 9.19. The van der Waals surface area contributed by atoms with E-state index in [0.717, 1.165) is 41.8 Å². The summed E-state index contributed by atoms with van der Waals surface area (Å²) in [6.07, 6.45) is 10.2. The molecule has 0 radical (unpaired) electrons. The Hall–Kier alpha value is -2.74. The van der Waals surface area contributed by atoms with Crippen molar-refractivity contribution < 1.29 is 4.74 Å². The third-order valence-electron chi connectivity index (χ3n) is 3.82. The lowest BCUT2D eigenvalue weighted by Crippen LogP contribution is -2.06. The van der Waals surface area contributed by atoms with Crippen molar-refractivity contribution in [3.05, 3.63) is 47.1 Å². The maximum absolute atomic E-state index is 9.19. The SMILES string of the molecule is COC1=CC=C(Cc2[nH]c(N)c(C#N)c3cncc2-3)CC1. The maximum Gasteiger partial charge on any atom is 0.119 e. The number of nitriles is 1. The highest BCUT2D eigenvalue weighted by molar-refractivity contribution is 5.78. The third kappa shape index (κ3) is 2.36. The zero-order valence-electron chi connectivity index (χ0n) is 11.8. The number of allylic oxidation sites excluding steroid dienone is 4. The molecule has 5 nitrogen and oxygen atoms in total. The lowest BCUT2D eigenvalue weighted by atomic mass is 9.94. The molecule has 3 N–H and O–H groups in total. The Morgan fingerprint density at radius 1 is 1.33 bits per heavy atom. The van der Waals surface area contributed by atoms with E-state index in [1.54, 1.807) is 19.5 Å². The number of nitrogens with two attached hydrogens (primary N) is 1. The Morgan fingerprint density at radius 3 is 2.81 bits per heavy atom. The van der Waals surface area contributed by atoms with E-state index in [2.05, 4.69) is 22.1 Å². The number of ether oxygens (including phenoxy) is 1. The molecule has 5 heteroatoms. The van der Waals surface area contributed by atoms with Crippen LogP contribution in [0.5, 0.6) is 0 Å². The number of nitrogen functional groups attached to an aromatic ring is 1. The number of nitrogens with one attached hydrogen (secondary N) is 1. The van der Waals surface area contributed by atoms with Gasteiger partial charge in [-0.15, -0.1) is 0 Å². The van der Waals surface area contributed by atoms with Gasteiger partial charge in [0.05, 0.1) is 12.9 Å². The average molecular weight is 280 g/mol. The summed E-state index contributed by atoms with van der Waals surface area (Å²) in [5.74, 6) is 1.40. The zero-order chi connectivity index (χ0) is 14.8. The number of hydrogen-bond donors (Lipinski definition) is 2. The number of methoxy groups -OCH3 is 1. The lowest BCUT2D eigenvalue weighted by molar-refractivity contribution is 0.275. The highest BCUT2D eigenvalue weighted by Gasteiger charge is 2.19. The monoisotopic (exact) mass is 280 g/mol. The second-order valence-corrected chi connectivity index (χ2v) is 5.08. The molecule has 0 aromatic heterocycles. The molecule has 0 aromatic carbocycles. The van der Waals surface area contributed by atoms with E-state index in [9.17, 15) is 5.26 Å². The number of rotatable bonds is 3. The molecule has 2 heterocycles. The molecule has 0 bridgehead atoms. The second kappa shape index (κ2) is 5.33. The minimum Gasteiger partial charge on any atom is -0.501 e. The first-order valence-electron chi connectivity index (χ1n) is 6.79. The Bertz CT molecular complexity index is 748. The van der Waals surface area contributed by atoms with E-state index in [0.29, 0.717) is 11.4 Å².